The summed E-state index contributed by atoms with van der Waals surface area (Å²) < 4.78 is 0. The van der Waals surface area contributed by atoms with Crippen LogP contribution in [0.4, 0.5) is 10.8 Å². The number of nitrogens with one attached hydrogen (secondary N) is 2. The summed E-state index contributed by atoms with van der Waals surface area (Å²) in [6.45, 7) is 16.3. The number of benzene rings is 3. The van der Waals surface area contributed by atoms with Gasteiger partial charge in [0.05, 0.1) is 5.69 Å². The molecule has 5 heteroatoms. The Bertz CT molecular complexity index is 1260. The van der Waals surface area contributed by atoms with Crippen molar-refractivity contribution in [2.75, 3.05) is 10.6 Å². The van der Waals surface area contributed by atoms with Gasteiger partial charge in [-0.15, -0.1) is 0 Å². The van der Waals surface area contributed by atoms with Gasteiger partial charge in [0, 0.05) is 17.3 Å². The van der Waals surface area contributed by atoms with Gasteiger partial charge < -0.3 is 10.6 Å². The average Bonchev–Trinajstić information content (AvgIpc) is 3.24. The molecule has 0 aliphatic heterocycles. The van der Waals surface area contributed by atoms with E-state index in [2.05, 4.69) is 65.5 Å². The van der Waals surface area contributed by atoms with E-state index >= 15 is 0 Å². The number of aromatic nitrogens is 1. The number of carbonyl (C=O) groups excluding carboxylic acids is 1. The third-order valence-electron chi connectivity index (χ3n) is 5.80. The fraction of sp³-hybridized carbons (Fsp3) is 0.226. The van der Waals surface area contributed by atoms with Crippen LogP contribution in [0.15, 0.2) is 85.1 Å². The summed E-state index contributed by atoms with van der Waals surface area (Å²) in [6, 6.07) is 24.7. The molecular formula is C31H35N3OS. The van der Waals surface area contributed by atoms with Gasteiger partial charge in [-0.2, -0.15) is 0 Å². The van der Waals surface area contributed by atoms with Crippen LogP contribution in [0.25, 0.3) is 0 Å². The summed E-state index contributed by atoms with van der Waals surface area (Å²) in [7, 11) is 0. The number of anilines is 2. The highest BCUT2D eigenvalue weighted by Gasteiger charge is 2.21. The van der Waals surface area contributed by atoms with Crippen LogP contribution in [0.3, 0.4) is 0 Å². The Morgan fingerprint density at radius 3 is 1.83 bits per heavy atom. The van der Waals surface area contributed by atoms with Crippen molar-refractivity contribution < 1.29 is 4.79 Å². The Kier molecular flexibility index (Phi) is 9.20. The minimum absolute atomic E-state index is 0.0401. The first kappa shape index (κ1) is 26.9. The second kappa shape index (κ2) is 12.3. The Hall–Kier alpha value is -3.70. The standard InChI is InChI=1S/C29H29N3OS.C2H6/c1-18-16-19(2)26(20(3)17-18)32-28(33)27-22(5)31-29(34-27)30-21(4)25(23-12-8-6-9-13-23)24-14-10-7-11-15-24;1-2/h6-17,25H,4H2,1-3,5H3,(H,30,31)(H,32,33);1-2H3. The van der Waals surface area contributed by atoms with Crippen molar-refractivity contribution in [1.29, 1.82) is 0 Å². The quantitative estimate of drug-likeness (QED) is 0.269. The normalized spacial score (nSPS) is 10.4. The lowest BCUT2D eigenvalue weighted by Gasteiger charge is -2.21. The molecule has 0 aliphatic carbocycles. The van der Waals surface area contributed by atoms with Gasteiger partial charge >= 0.3 is 0 Å². The van der Waals surface area contributed by atoms with Crippen molar-refractivity contribution in [2.45, 2.75) is 47.5 Å². The van der Waals surface area contributed by atoms with E-state index in [0.29, 0.717) is 15.7 Å². The third-order valence-corrected chi connectivity index (χ3v) is 6.87. The third kappa shape index (κ3) is 6.29. The molecule has 4 aromatic rings. The maximum atomic E-state index is 13.1. The van der Waals surface area contributed by atoms with Crippen LogP contribution in [-0.2, 0) is 0 Å². The molecule has 2 N–H and O–H groups in total. The van der Waals surface area contributed by atoms with Gasteiger partial charge in [0.2, 0.25) is 0 Å². The zero-order chi connectivity index (χ0) is 26.2. The van der Waals surface area contributed by atoms with E-state index in [4.69, 9.17) is 0 Å². The highest BCUT2D eigenvalue weighted by Crippen LogP contribution is 2.33. The van der Waals surface area contributed by atoms with E-state index in [9.17, 15) is 4.79 Å². The summed E-state index contributed by atoms with van der Waals surface area (Å²) in [5, 5.41) is 7.12. The fourth-order valence-electron chi connectivity index (χ4n) is 4.30. The van der Waals surface area contributed by atoms with Crippen molar-refractivity contribution in [2.24, 2.45) is 0 Å². The van der Waals surface area contributed by atoms with Crippen LogP contribution in [0, 0.1) is 27.7 Å². The molecule has 1 aromatic heterocycles. The summed E-state index contributed by atoms with van der Waals surface area (Å²) in [6.07, 6.45) is 0. The van der Waals surface area contributed by atoms with E-state index < -0.39 is 0 Å². The molecule has 0 saturated heterocycles. The molecule has 4 nitrogen and oxygen atoms in total. The number of hydrogen-bond donors (Lipinski definition) is 2. The van der Waals surface area contributed by atoms with Gasteiger partial charge in [0.15, 0.2) is 5.13 Å². The molecular weight excluding hydrogens is 462 g/mol. The second-order valence-electron chi connectivity index (χ2n) is 8.57. The number of allylic oxidation sites excluding steroid dienone is 1. The molecule has 0 atom stereocenters. The summed E-state index contributed by atoms with van der Waals surface area (Å²) in [5.74, 6) is -0.187. The van der Waals surface area contributed by atoms with Crippen LogP contribution in [0.5, 0.6) is 0 Å². The van der Waals surface area contributed by atoms with Crippen LogP contribution in [0.1, 0.15) is 62.9 Å². The van der Waals surface area contributed by atoms with E-state index in [1.54, 1.807) is 0 Å². The van der Waals surface area contributed by atoms with E-state index in [0.717, 1.165) is 33.6 Å². The van der Waals surface area contributed by atoms with Crippen molar-refractivity contribution >= 4 is 28.1 Å². The topological polar surface area (TPSA) is 54.0 Å². The number of hydrogen-bond acceptors (Lipinski definition) is 4. The molecule has 0 fully saturated rings. The van der Waals surface area contributed by atoms with Crippen molar-refractivity contribution in [3.63, 3.8) is 0 Å². The predicted molar refractivity (Wildman–Crippen MR) is 154 cm³/mol. The molecule has 3 aromatic carbocycles. The minimum atomic E-state index is -0.147. The number of nitrogens with zero attached hydrogens (tertiary/aromatic N) is 1. The molecule has 4 rings (SSSR count). The van der Waals surface area contributed by atoms with Gasteiger partial charge in [-0.1, -0.05) is 110 Å². The molecule has 0 saturated carbocycles. The van der Waals surface area contributed by atoms with Gasteiger partial charge in [0.25, 0.3) is 5.91 Å². The summed E-state index contributed by atoms with van der Waals surface area (Å²) in [4.78, 5) is 18.3. The average molecular weight is 498 g/mol. The van der Waals surface area contributed by atoms with Crippen LogP contribution < -0.4 is 10.6 Å². The number of amides is 1. The minimum Gasteiger partial charge on any atom is -0.335 e. The van der Waals surface area contributed by atoms with Crippen LogP contribution in [0.2, 0.25) is 0 Å². The summed E-state index contributed by atoms with van der Waals surface area (Å²) >= 11 is 1.34. The Labute approximate surface area is 219 Å². The molecule has 1 heterocycles. The van der Waals surface area contributed by atoms with E-state index in [-0.39, 0.29) is 11.8 Å². The van der Waals surface area contributed by atoms with Crippen molar-refractivity contribution in [3.05, 3.63) is 123 Å². The maximum absolute atomic E-state index is 13.1. The zero-order valence-corrected chi connectivity index (χ0v) is 22.8. The first-order valence-corrected chi connectivity index (χ1v) is 13.1. The van der Waals surface area contributed by atoms with Crippen LogP contribution >= 0.6 is 11.3 Å². The Morgan fingerprint density at radius 2 is 1.33 bits per heavy atom. The van der Waals surface area contributed by atoms with Crippen molar-refractivity contribution in [3.8, 4) is 0 Å². The van der Waals surface area contributed by atoms with Gasteiger partial charge in [-0.05, 0) is 49.9 Å². The SMILES string of the molecule is C=C(Nc1nc(C)c(C(=O)Nc2c(C)cc(C)cc2C)s1)C(c1ccccc1)c1ccccc1.CC. The highest BCUT2D eigenvalue weighted by atomic mass is 32.1. The Morgan fingerprint density at radius 1 is 0.833 bits per heavy atom. The van der Waals surface area contributed by atoms with Gasteiger partial charge in [0.1, 0.15) is 4.88 Å². The molecule has 0 bridgehead atoms. The molecule has 36 heavy (non-hydrogen) atoms. The highest BCUT2D eigenvalue weighted by molar-refractivity contribution is 7.17. The molecule has 1 amide bonds. The van der Waals surface area contributed by atoms with E-state index in [1.807, 2.05) is 71.0 Å². The lowest BCUT2D eigenvalue weighted by atomic mass is 9.89. The van der Waals surface area contributed by atoms with Crippen molar-refractivity contribution in [1.82, 2.24) is 4.98 Å². The first-order chi connectivity index (χ1) is 17.3. The maximum Gasteiger partial charge on any atom is 0.267 e. The van der Waals surface area contributed by atoms with E-state index in [1.165, 1.54) is 16.9 Å². The fourth-order valence-corrected chi connectivity index (χ4v) is 5.20. The first-order valence-electron chi connectivity index (χ1n) is 12.3. The van der Waals surface area contributed by atoms with Gasteiger partial charge in [-0.3, -0.25) is 4.79 Å². The zero-order valence-electron chi connectivity index (χ0n) is 22.0. The van der Waals surface area contributed by atoms with Gasteiger partial charge in [-0.25, -0.2) is 4.98 Å². The molecule has 0 aliphatic rings. The number of carbonyl (C=O) groups is 1. The lowest BCUT2D eigenvalue weighted by molar-refractivity contribution is 0.102. The smallest absolute Gasteiger partial charge is 0.267 e. The number of thiazole rings is 1. The predicted octanol–water partition coefficient (Wildman–Crippen LogP) is 8.41. The Balaban J connectivity index is 0.00000176. The lowest BCUT2D eigenvalue weighted by Crippen LogP contribution is -2.13. The second-order valence-corrected chi connectivity index (χ2v) is 9.57. The molecule has 0 radical (unpaired) electrons. The van der Waals surface area contributed by atoms with Crippen LogP contribution in [-0.4, -0.2) is 10.9 Å². The monoisotopic (exact) mass is 497 g/mol. The summed E-state index contributed by atoms with van der Waals surface area (Å²) in [5.41, 5.74) is 7.92. The number of aryl methyl sites for hydroxylation is 4. The molecule has 186 valence electrons. The largest absolute Gasteiger partial charge is 0.335 e. The molecule has 0 spiro atoms. The molecule has 0 unspecified atom stereocenters. The number of rotatable bonds is 7.